The van der Waals surface area contributed by atoms with E-state index in [0.717, 1.165) is 35.7 Å². The van der Waals surface area contributed by atoms with E-state index < -0.39 is 0 Å². The van der Waals surface area contributed by atoms with Crippen LogP contribution in [0.5, 0.6) is 5.75 Å². The summed E-state index contributed by atoms with van der Waals surface area (Å²) in [6, 6.07) is 16.0. The third-order valence-corrected chi connectivity index (χ3v) is 6.37. The molecule has 0 spiro atoms. The molecular weight excluding hydrogens is 390 g/mol. The van der Waals surface area contributed by atoms with Crippen molar-refractivity contribution in [3.05, 3.63) is 59.7 Å². The first-order valence-electron chi connectivity index (χ1n) is 11.1. The van der Waals surface area contributed by atoms with Crippen LogP contribution in [0.25, 0.3) is 0 Å². The van der Waals surface area contributed by atoms with Crippen molar-refractivity contribution in [2.24, 2.45) is 5.92 Å². The van der Waals surface area contributed by atoms with E-state index in [-0.39, 0.29) is 30.2 Å². The van der Waals surface area contributed by atoms with Gasteiger partial charge in [-0.3, -0.25) is 14.5 Å². The fourth-order valence-corrected chi connectivity index (χ4v) is 4.56. The summed E-state index contributed by atoms with van der Waals surface area (Å²) in [5, 5.41) is 3.14. The van der Waals surface area contributed by atoms with E-state index in [1.54, 1.807) is 12.0 Å². The van der Waals surface area contributed by atoms with Gasteiger partial charge in [0.2, 0.25) is 11.8 Å². The molecule has 2 heterocycles. The van der Waals surface area contributed by atoms with Crippen molar-refractivity contribution in [1.29, 1.82) is 0 Å². The number of rotatable bonds is 7. The molecule has 2 fully saturated rings. The monoisotopic (exact) mass is 421 g/mol. The zero-order chi connectivity index (χ0) is 21.8. The average Bonchev–Trinajstić information content (AvgIpc) is 3.45. The molecule has 31 heavy (non-hydrogen) atoms. The predicted octanol–water partition coefficient (Wildman–Crippen LogP) is 3.31. The quantitative estimate of drug-likeness (QED) is 0.745. The van der Waals surface area contributed by atoms with Crippen LogP contribution < -0.4 is 15.0 Å². The van der Waals surface area contributed by atoms with Crippen LogP contribution in [0.3, 0.4) is 0 Å². The van der Waals surface area contributed by atoms with Crippen LogP contribution in [0.2, 0.25) is 0 Å². The Labute approximate surface area is 184 Å². The lowest BCUT2D eigenvalue weighted by Crippen LogP contribution is -2.40. The predicted molar refractivity (Wildman–Crippen MR) is 121 cm³/mol. The highest BCUT2D eigenvalue weighted by molar-refractivity contribution is 6.00. The molecule has 0 saturated carbocycles. The summed E-state index contributed by atoms with van der Waals surface area (Å²) in [7, 11) is 1.67. The maximum atomic E-state index is 13.0. The molecule has 0 bridgehead atoms. The molecule has 0 radical (unpaired) electrons. The van der Waals surface area contributed by atoms with E-state index in [1.165, 1.54) is 12.8 Å². The van der Waals surface area contributed by atoms with Crippen molar-refractivity contribution < 1.29 is 14.3 Å². The number of anilines is 1. The number of aryl methyl sites for hydroxylation is 1. The second kappa shape index (κ2) is 9.52. The van der Waals surface area contributed by atoms with Crippen molar-refractivity contribution in [3.8, 4) is 5.75 Å². The molecule has 2 atom stereocenters. The fourth-order valence-electron chi connectivity index (χ4n) is 4.56. The third kappa shape index (κ3) is 4.90. The Morgan fingerprint density at radius 3 is 2.61 bits per heavy atom. The smallest absolute Gasteiger partial charge is 0.227 e. The van der Waals surface area contributed by atoms with Crippen LogP contribution in [0.4, 0.5) is 5.69 Å². The summed E-state index contributed by atoms with van der Waals surface area (Å²) in [6.45, 7) is 5.04. The Kier molecular flexibility index (Phi) is 6.56. The van der Waals surface area contributed by atoms with Gasteiger partial charge in [-0.25, -0.2) is 0 Å². The number of methoxy groups -OCH3 is 1. The van der Waals surface area contributed by atoms with Crippen molar-refractivity contribution >= 4 is 17.5 Å². The van der Waals surface area contributed by atoms with Gasteiger partial charge in [-0.1, -0.05) is 29.8 Å². The SMILES string of the molecule is COc1cccc([C@@H](CNC(=O)[C@@H]2CC(=O)N(c3ccc(C)cc3)C2)N2CCCC2)c1. The molecule has 2 amide bonds. The van der Waals surface area contributed by atoms with Crippen LogP contribution >= 0.6 is 0 Å². The van der Waals surface area contributed by atoms with E-state index in [0.29, 0.717) is 13.1 Å². The Balaban J connectivity index is 1.41. The van der Waals surface area contributed by atoms with Crippen molar-refractivity contribution in [2.45, 2.75) is 32.2 Å². The molecule has 2 aliphatic rings. The van der Waals surface area contributed by atoms with Crippen LogP contribution in [0.1, 0.15) is 36.4 Å². The molecule has 1 N–H and O–H groups in total. The number of carbonyl (C=O) groups is 2. The van der Waals surface area contributed by atoms with Crippen molar-refractivity contribution in [1.82, 2.24) is 10.2 Å². The zero-order valence-electron chi connectivity index (χ0n) is 18.3. The summed E-state index contributed by atoms with van der Waals surface area (Å²) in [5.41, 5.74) is 3.15. The molecule has 164 valence electrons. The molecule has 0 aromatic heterocycles. The first-order chi connectivity index (χ1) is 15.0. The highest BCUT2D eigenvalue weighted by Crippen LogP contribution is 2.28. The van der Waals surface area contributed by atoms with Crippen LogP contribution in [-0.2, 0) is 9.59 Å². The van der Waals surface area contributed by atoms with E-state index in [2.05, 4.69) is 16.3 Å². The number of nitrogens with one attached hydrogen (secondary N) is 1. The minimum absolute atomic E-state index is 0.00731. The lowest BCUT2D eigenvalue weighted by Gasteiger charge is -2.29. The second-order valence-corrected chi connectivity index (χ2v) is 8.52. The molecule has 0 unspecified atom stereocenters. The van der Waals surface area contributed by atoms with Crippen LogP contribution in [0, 0.1) is 12.8 Å². The first-order valence-corrected chi connectivity index (χ1v) is 11.1. The molecule has 2 saturated heterocycles. The third-order valence-electron chi connectivity index (χ3n) is 6.37. The minimum Gasteiger partial charge on any atom is -0.497 e. The molecule has 2 aromatic rings. The summed E-state index contributed by atoms with van der Waals surface area (Å²) in [5.74, 6) is 0.462. The standard InChI is InChI=1S/C25H31N3O3/c1-18-8-10-21(11-9-18)28-17-20(15-24(28)29)25(30)26-16-23(27-12-3-4-13-27)19-6-5-7-22(14-19)31-2/h5-11,14,20,23H,3-4,12-13,15-17H2,1-2H3,(H,26,30)/t20-,23-/m1/s1. The summed E-state index contributed by atoms with van der Waals surface area (Å²) in [4.78, 5) is 29.6. The highest BCUT2D eigenvalue weighted by atomic mass is 16.5. The number of nitrogens with zero attached hydrogens (tertiary/aromatic N) is 2. The van der Waals surface area contributed by atoms with Gasteiger partial charge in [0, 0.05) is 25.2 Å². The number of amides is 2. The molecule has 4 rings (SSSR count). The number of benzene rings is 2. The number of hydrogen-bond donors (Lipinski definition) is 1. The Morgan fingerprint density at radius 2 is 1.90 bits per heavy atom. The van der Waals surface area contributed by atoms with Gasteiger partial charge in [0.05, 0.1) is 19.1 Å². The Morgan fingerprint density at radius 1 is 1.16 bits per heavy atom. The van der Waals surface area contributed by atoms with Gasteiger partial charge in [0.15, 0.2) is 0 Å². The Hall–Kier alpha value is -2.86. The van der Waals surface area contributed by atoms with Crippen molar-refractivity contribution in [2.75, 3.05) is 38.2 Å². The summed E-state index contributed by atoms with van der Waals surface area (Å²) >= 11 is 0. The maximum Gasteiger partial charge on any atom is 0.227 e. The molecule has 6 nitrogen and oxygen atoms in total. The van der Waals surface area contributed by atoms with Gasteiger partial charge in [-0.2, -0.15) is 0 Å². The molecule has 2 aromatic carbocycles. The first kappa shape index (κ1) is 21.4. The largest absolute Gasteiger partial charge is 0.497 e. The highest BCUT2D eigenvalue weighted by Gasteiger charge is 2.35. The molecular formula is C25H31N3O3. The molecule has 2 aliphatic heterocycles. The van der Waals surface area contributed by atoms with Gasteiger partial charge in [0.1, 0.15) is 5.75 Å². The minimum atomic E-state index is -0.321. The van der Waals surface area contributed by atoms with Crippen LogP contribution in [0.15, 0.2) is 48.5 Å². The average molecular weight is 422 g/mol. The number of ether oxygens (including phenoxy) is 1. The van der Waals surface area contributed by atoms with E-state index in [4.69, 9.17) is 4.74 Å². The van der Waals surface area contributed by atoms with Gasteiger partial charge in [-0.15, -0.1) is 0 Å². The lowest BCUT2D eigenvalue weighted by atomic mass is 10.0. The summed E-state index contributed by atoms with van der Waals surface area (Å²) < 4.78 is 5.40. The van der Waals surface area contributed by atoms with Gasteiger partial charge in [-0.05, 0) is 62.7 Å². The fraction of sp³-hybridized carbons (Fsp3) is 0.440. The number of likely N-dealkylation sites (tertiary alicyclic amines) is 1. The van der Waals surface area contributed by atoms with E-state index in [9.17, 15) is 9.59 Å². The molecule has 0 aliphatic carbocycles. The normalized spacial score (nSPS) is 20.1. The van der Waals surface area contributed by atoms with Gasteiger partial charge in [0.25, 0.3) is 0 Å². The topological polar surface area (TPSA) is 61.9 Å². The van der Waals surface area contributed by atoms with Crippen LogP contribution in [-0.4, -0.2) is 50.0 Å². The maximum absolute atomic E-state index is 13.0. The molecule has 6 heteroatoms. The van der Waals surface area contributed by atoms with E-state index in [1.807, 2.05) is 49.4 Å². The van der Waals surface area contributed by atoms with Crippen molar-refractivity contribution in [3.63, 3.8) is 0 Å². The Bertz CT molecular complexity index is 922. The summed E-state index contributed by atoms with van der Waals surface area (Å²) in [6.07, 6.45) is 2.61. The lowest BCUT2D eigenvalue weighted by molar-refractivity contribution is -0.126. The number of carbonyl (C=O) groups excluding carboxylic acids is 2. The number of hydrogen-bond acceptors (Lipinski definition) is 4. The van der Waals surface area contributed by atoms with Gasteiger partial charge >= 0.3 is 0 Å². The van der Waals surface area contributed by atoms with E-state index >= 15 is 0 Å². The second-order valence-electron chi connectivity index (χ2n) is 8.52. The van der Waals surface area contributed by atoms with Gasteiger partial charge < -0.3 is 15.0 Å². The zero-order valence-corrected chi connectivity index (χ0v) is 18.3.